The fourth-order valence-corrected chi connectivity index (χ4v) is 3.67. The van der Waals surface area contributed by atoms with Crippen molar-refractivity contribution in [3.63, 3.8) is 0 Å². The summed E-state index contributed by atoms with van der Waals surface area (Å²) in [5, 5.41) is 0.641. The third-order valence-electron chi connectivity index (χ3n) is 4.88. The minimum Gasteiger partial charge on any atom is -0.493 e. The fraction of sp³-hybridized carbons (Fsp3) is 0.476. The molecule has 1 aromatic carbocycles. The molecular weight excluding hydrogens is 378 g/mol. The van der Waals surface area contributed by atoms with Gasteiger partial charge in [0.2, 0.25) is 0 Å². The first kappa shape index (κ1) is 20.9. The molecule has 1 aromatic heterocycles. The summed E-state index contributed by atoms with van der Waals surface area (Å²) in [5.41, 5.74) is 2.19. The van der Waals surface area contributed by atoms with Crippen molar-refractivity contribution in [2.24, 2.45) is 0 Å². The minimum absolute atomic E-state index is 0.641. The third kappa shape index (κ3) is 5.82. The van der Waals surface area contributed by atoms with Crippen LogP contribution in [0, 0.1) is 0 Å². The second kappa shape index (κ2) is 10.6. The van der Waals surface area contributed by atoms with E-state index < -0.39 is 0 Å². The van der Waals surface area contributed by atoms with Gasteiger partial charge in [0.25, 0.3) is 0 Å². The van der Waals surface area contributed by atoms with Crippen LogP contribution >= 0.6 is 11.6 Å². The highest BCUT2D eigenvalue weighted by atomic mass is 35.5. The smallest absolute Gasteiger partial charge is 0.165 e. The van der Waals surface area contributed by atoms with E-state index >= 15 is 0 Å². The molecule has 3 rings (SSSR count). The van der Waals surface area contributed by atoms with E-state index in [2.05, 4.69) is 20.9 Å². The highest BCUT2D eigenvalue weighted by Gasteiger charge is 2.17. The van der Waals surface area contributed by atoms with Crippen molar-refractivity contribution in [3.05, 3.63) is 52.8 Å². The van der Waals surface area contributed by atoms with Gasteiger partial charge >= 0.3 is 0 Å². The number of hydrogen-bond donors (Lipinski definition) is 0. The molecule has 7 heteroatoms. The Labute approximate surface area is 172 Å². The van der Waals surface area contributed by atoms with Gasteiger partial charge in [0.1, 0.15) is 0 Å². The van der Waals surface area contributed by atoms with Gasteiger partial charge in [0.15, 0.2) is 11.5 Å². The molecule has 0 aliphatic carbocycles. The molecule has 0 N–H and O–H groups in total. The number of benzene rings is 1. The van der Waals surface area contributed by atoms with E-state index in [1.807, 2.05) is 18.3 Å². The zero-order chi connectivity index (χ0) is 19.8. The summed E-state index contributed by atoms with van der Waals surface area (Å²) in [7, 11) is 3.29. The summed E-state index contributed by atoms with van der Waals surface area (Å²) in [5.74, 6) is 1.38. The van der Waals surface area contributed by atoms with Gasteiger partial charge in [-0.2, -0.15) is 0 Å². The van der Waals surface area contributed by atoms with Gasteiger partial charge in [-0.15, -0.1) is 0 Å². The third-order valence-corrected chi connectivity index (χ3v) is 5.10. The SMILES string of the molecule is COc1cc(Cl)cc(CN(CCN2CCOCC2)Cc2cccnc2)c1OC. The van der Waals surface area contributed by atoms with E-state index in [0.29, 0.717) is 17.3 Å². The summed E-state index contributed by atoms with van der Waals surface area (Å²) in [6.07, 6.45) is 3.71. The molecule has 1 aliphatic heterocycles. The van der Waals surface area contributed by atoms with Crippen molar-refractivity contribution in [3.8, 4) is 11.5 Å². The first-order valence-electron chi connectivity index (χ1n) is 9.51. The van der Waals surface area contributed by atoms with Gasteiger partial charge in [-0.3, -0.25) is 14.8 Å². The van der Waals surface area contributed by atoms with Crippen molar-refractivity contribution >= 4 is 11.6 Å². The second-order valence-electron chi connectivity index (χ2n) is 6.83. The van der Waals surface area contributed by atoms with Crippen LogP contribution in [0.1, 0.15) is 11.1 Å². The maximum Gasteiger partial charge on any atom is 0.165 e. The van der Waals surface area contributed by atoms with Gasteiger partial charge in [0.05, 0.1) is 27.4 Å². The summed E-state index contributed by atoms with van der Waals surface area (Å²) < 4.78 is 16.5. The van der Waals surface area contributed by atoms with Crippen LogP contribution in [0.15, 0.2) is 36.7 Å². The Balaban J connectivity index is 1.76. The molecule has 0 bridgehead atoms. The summed E-state index contributed by atoms with van der Waals surface area (Å²) in [4.78, 5) is 9.08. The van der Waals surface area contributed by atoms with Crippen LogP contribution in [-0.2, 0) is 17.8 Å². The Bertz CT molecular complexity index is 739. The molecule has 0 saturated carbocycles. The number of nitrogens with zero attached hydrogens (tertiary/aromatic N) is 3. The maximum absolute atomic E-state index is 6.31. The molecule has 6 nitrogen and oxygen atoms in total. The predicted octanol–water partition coefficient (Wildman–Crippen LogP) is 3.09. The second-order valence-corrected chi connectivity index (χ2v) is 7.26. The van der Waals surface area contributed by atoms with Crippen molar-refractivity contribution in [1.29, 1.82) is 0 Å². The highest BCUT2D eigenvalue weighted by molar-refractivity contribution is 6.30. The van der Waals surface area contributed by atoms with Gasteiger partial charge in [-0.1, -0.05) is 17.7 Å². The molecule has 0 spiro atoms. The minimum atomic E-state index is 0.641. The molecule has 2 heterocycles. The molecule has 0 radical (unpaired) electrons. The van der Waals surface area contributed by atoms with Crippen LogP contribution in [0.3, 0.4) is 0 Å². The Morgan fingerprint density at radius 3 is 2.68 bits per heavy atom. The number of ether oxygens (including phenoxy) is 3. The Morgan fingerprint density at radius 2 is 2.00 bits per heavy atom. The number of aromatic nitrogens is 1. The number of methoxy groups -OCH3 is 2. The van der Waals surface area contributed by atoms with E-state index in [1.54, 1.807) is 26.5 Å². The van der Waals surface area contributed by atoms with Crippen molar-refractivity contribution < 1.29 is 14.2 Å². The highest BCUT2D eigenvalue weighted by Crippen LogP contribution is 2.35. The lowest BCUT2D eigenvalue weighted by atomic mass is 10.1. The molecule has 2 aromatic rings. The Hall–Kier alpha value is -1.86. The molecular formula is C21H28ClN3O3. The number of hydrogen-bond acceptors (Lipinski definition) is 6. The first-order chi connectivity index (χ1) is 13.7. The average molecular weight is 406 g/mol. The molecule has 1 saturated heterocycles. The van der Waals surface area contributed by atoms with Crippen molar-refractivity contribution in [1.82, 2.24) is 14.8 Å². The van der Waals surface area contributed by atoms with Crippen LogP contribution in [0.4, 0.5) is 0 Å². The van der Waals surface area contributed by atoms with Crippen LogP contribution in [0.25, 0.3) is 0 Å². The topological polar surface area (TPSA) is 47.1 Å². The molecule has 1 aliphatic rings. The van der Waals surface area contributed by atoms with E-state index in [9.17, 15) is 0 Å². The van der Waals surface area contributed by atoms with Gasteiger partial charge in [0, 0.05) is 68.3 Å². The standard InChI is InChI=1S/C21H28ClN3O3/c1-26-20-13-19(22)12-18(21(20)27-2)16-25(15-17-4-3-5-23-14-17)7-6-24-8-10-28-11-9-24/h3-5,12-14H,6-11,15-16H2,1-2H3. The molecule has 28 heavy (non-hydrogen) atoms. The van der Waals surface area contributed by atoms with E-state index in [-0.39, 0.29) is 0 Å². The lowest BCUT2D eigenvalue weighted by molar-refractivity contribution is 0.0324. The van der Waals surface area contributed by atoms with Crippen LogP contribution in [-0.4, -0.2) is 68.4 Å². The number of pyridine rings is 1. The summed E-state index contributed by atoms with van der Waals surface area (Å²) in [6.45, 7) is 7.00. The largest absolute Gasteiger partial charge is 0.493 e. The zero-order valence-corrected chi connectivity index (χ0v) is 17.3. The molecule has 1 fully saturated rings. The Morgan fingerprint density at radius 1 is 1.18 bits per heavy atom. The number of morpholine rings is 1. The van der Waals surface area contributed by atoms with Crippen molar-refractivity contribution in [2.75, 3.05) is 53.6 Å². The summed E-state index contributed by atoms with van der Waals surface area (Å²) in [6, 6.07) is 7.81. The lowest BCUT2D eigenvalue weighted by Crippen LogP contribution is -2.41. The van der Waals surface area contributed by atoms with Gasteiger partial charge in [-0.05, 0) is 17.7 Å². The van der Waals surface area contributed by atoms with Crippen LogP contribution in [0.5, 0.6) is 11.5 Å². The normalized spacial score (nSPS) is 15.0. The molecule has 152 valence electrons. The predicted molar refractivity (Wildman–Crippen MR) is 110 cm³/mol. The molecule has 0 amide bonds. The number of rotatable bonds is 9. The summed E-state index contributed by atoms with van der Waals surface area (Å²) >= 11 is 6.31. The van der Waals surface area contributed by atoms with Crippen LogP contribution < -0.4 is 9.47 Å². The first-order valence-corrected chi connectivity index (χ1v) is 9.89. The van der Waals surface area contributed by atoms with Gasteiger partial charge in [-0.25, -0.2) is 0 Å². The van der Waals surface area contributed by atoms with E-state index in [4.69, 9.17) is 25.8 Å². The maximum atomic E-state index is 6.31. The van der Waals surface area contributed by atoms with E-state index in [0.717, 1.165) is 57.3 Å². The molecule has 0 atom stereocenters. The zero-order valence-electron chi connectivity index (χ0n) is 16.6. The monoisotopic (exact) mass is 405 g/mol. The quantitative estimate of drug-likeness (QED) is 0.639. The average Bonchev–Trinajstić information content (AvgIpc) is 2.73. The molecule has 0 unspecified atom stereocenters. The van der Waals surface area contributed by atoms with E-state index in [1.165, 1.54) is 5.56 Å². The van der Waals surface area contributed by atoms with Gasteiger partial charge < -0.3 is 14.2 Å². The fourth-order valence-electron chi connectivity index (χ4n) is 3.44. The Kier molecular flexibility index (Phi) is 7.91. The van der Waals surface area contributed by atoms with Crippen LogP contribution in [0.2, 0.25) is 5.02 Å². The number of halogens is 1. The lowest BCUT2D eigenvalue weighted by Gasteiger charge is -2.30. The van der Waals surface area contributed by atoms with Crippen molar-refractivity contribution in [2.45, 2.75) is 13.1 Å².